The number of aryl methyl sites for hydroxylation is 2. The Morgan fingerprint density at radius 1 is 1.29 bits per heavy atom. The largest absolute Gasteiger partial charge is 0.318 e. The van der Waals surface area contributed by atoms with E-state index in [2.05, 4.69) is 15.4 Å². The number of nitro groups is 1. The molecular formula is C13H15N5O2S. The average Bonchev–Trinajstić information content (AvgIpc) is 2.43. The third-order valence-corrected chi connectivity index (χ3v) is 3.66. The second-order valence-corrected chi connectivity index (χ2v) is 5.42. The lowest BCUT2D eigenvalue weighted by molar-refractivity contribution is -0.384. The van der Waals surface area contributed by atoms with Crippen molar-refractivity contribution in [3.63, 3.8) is 0 Å². The standard InChI is InChI=1S/C13H15N5O2S/c1-8-5-9(2)16-13(15-8)21-7-10-3-4-12(18(19)20)11(6-10)17-14/h3-6,17H,7,14H2,1-2H3. The van der Waals surface area contributed by atoms with Crippen LogP contribution in [0, 0.1) is 24.0 Å². The summed E-state index contributed by atoms with van der Waals surface area (Å²) in [5.74, 6) is 5.93. The van der Waals surface area contributed by atoms with E-state index >= 15 is 0 Å². The van der Waals surface area contributed by atoms with Gasteiger partial charge in [-0.2, -0.15) is 0 Å². The van der Waals surface area contributed by atoms with E-state index in [1.807, 2.05) is 19.9 Å². The molecule has 0 spiro atoms. The molecule has 0 aliphatic heterocycles. The molecule has 2 rings (SSSR count). The Morgan fingerprint density at radius 2 is 1.95 bits per heavy atom. The van der Waals surface area contributed by atoms with E-state index in [4.69, 9.17) is 5.84 Å². The molecule has 2 aromatic rings. The van der Waals surface area contributed by atoms with Gasteiger partial charge in [-0.15, -0.1) is 0 Å². The molecule has 21 heavy (non-hydrogen) atoms. The second kappa shape index (κ2) is 6.51. The lowest BCUT2D eigenvalue weighted by atomic mass is 10.2. The highest BCUT2D eigenvalue weighted by Crippen LogP contribution is 2.27. The monoisotopic (exact) mass is 305 g/mol. The van der Waals surface area contributed by atoms with Gasteiger partial charge in [0, 0.05) is 23.2 Å². The molecule has 7 nitrogen and oxygen atoms in total. The molecule has 110 valence electrons. The van der Waals surface area contributed by atoms with Crippen LogP contribution in [-0.2, 0) is 5.75 Å². The molecule has 0 fully saturated rings. The summed E-state index contributed by atoms with van der Waals surface area (Å²) in [6, 6.07) is 6.71. The predicted octanol–water partition coefficient (Wildman–Crippen LogP) is 2.58. The smallest absolute Gasteiger partial charge is 0.293 e. The minimum absolute atomic E-state index is 0.0473. The van der Waals surface area contributed by atoms with Gasteiger partial charge in [-0.1, -0.05) is 17.8 Å². The molecule has 0 saturated carbocycles. The molecule has 0 bridgehead atoms. The van der Waals surface area contributed by atoms with Gasteiger partial charge in [-0.05, 0) is 31.5 Å². The normalized spacial score (nSPS) is 10.4. The predicted molar refractivity (Wildman–Crippen MR) is 82.0 cm³/mol. The number of hydrogen-bond acceptors (Lipinski definition) is 7. The first-order chi connectivity index (χ1) is 9.99. The van der Waals surface area contributed by atoms with Gasteiger partial charge in [-0.3, -0.25) is 16.0 Å². The first kappa shape index (κ1) is 15.2. The van der Waals surface area contributed by atoms with Gasteiger partial charge in [0.1, 0.15) is 5.69 Å². The zero-order chi connectivity index (χ0) is 15.4. The van der Waals surface area contributed by atoms with Crippen LogP contribution >= 0.6 is 11.8 Å². The van der Waals surface area contributed by atoms with Crippen molar-refractivity contribution in [2.45, 2.75) is 24.8 Å². The summed E-state index contributed by atoms with van der Waals surface area (Å²) in [7, 11) is 0. The maximum absolute atomic E-state index is 10.8. The van der Waals surface area contributed by atoms with E-state index in [1.165, 1.54) is 17.8 Å². The second-order valence-electron chi connectivity index (χ2n) is 4.47. The van der Waals surface area contributed by atoms with Gasteiger partial charge in [0.15, 0.2) is 5.16 Å². The molecule has 0 aliphatic rings. The highest BCUT2D eigenvalue weighted by molar-refractivity contribution is 7.98. The molecule has 1 heterocycles. The van der Waals surface area contributed by atoms with Crippen LogP contribution in [0.3, 0.4) is 0 Å². The van der Waals surface area contributed by atoms with Gasteiger partial charge in [0.05, 0.1) is 4.92 Å². The van der Waals surface area contributed by atoms with Crippen molar-refractivity contribution < 1.29 is 4.92 Å². The zero-order valence-electron chi connectivity index (χ0n) is 11.7. The molecule has 3 N–H and O–H groups in total. The van der Waals surface area contributed by atoms with Crippen molar-refractivity contribution in [3.8, 4) is 0 Å². The number of nitro benzene ring substituents is 1. The van der Waals surface area contributed by atoms with Crippen molar-refractivity contribution in [1.29, 1.82) is 0 Å². The maximum Gasteiger partial charge on any atom is 0.293 e. The number of nitrogens with one attached hydrogen (secondary N) is 1. The fourth-order valence-corrected chi connectivity index (χ4v) is 2.75. The number of anilines is 1. The summed E-state index contributed by atoms with van der Waals surface area (Å²) in [5.41, 5.74) is 5.33. The number of benzene rings is 1. The van der Waals surface area contributed by atoms with E-state index in [0.717, 1.165) is 17.0 Å². The Labute approximate surface area is 126 Å². The van der Waals surface area contributed by atoms with Crippen LogP contribution in [0.4, 0.5) is 11.4 Å². The summed E-state index contributed by atoms with van der Waals surface area (Å²) in [6.45, 7) is 3.84. The molecule has 8 heteroatoms. The lowest BCUT2D eigenvalue weighted by Crippen LogP contribution is -2.09. The Hall–Kier alpha value is -2.19. The van der Waals surface area contributed by atoms with E-state index in [-0.39, 0.29) is 5.69 Å². The van der Waals surface area contributed by atoms with E-state index in [0.29, 0.717) is 16.6 Å². The van der Waals surface area contributed by atoms with Crippen LogP contribution in [0.1, 0.15) is 17.0 Å². The number of hydrogen-bond donors (Lipinski definition) is 2. The van der Waals surface area contributed by atoms with Gasteiger partial charge in [0.25, 0.3) is 5.69 Å². The summed E-state index contributed by atoms with van der Waals surface area (Å²) in [6.07, 6.45) is 0. The molecule has 1 aromatic carbocycles. The van der Waals surface area contributed by atoms with Crippen molar-refractivity contribution in [2.75, 3.05) is 5.43 Å². The number of rotatable bonds is 5. The highest BCUT2D eigenvalue weighted by Gasteiger charge is 2.13. The number of aromatic nitrogens is 2. The Balaban J connectivity index is 2.14. The minimum Gasteiger partial charge on any atom is -0.318 e. The Morgan fingerprint density at radius 3 is 2.52 bits per heavy atom. The molecule has 1 aromatic heterocycles. The molecule has 0 amide bonds. The molecule has 0 atom stereocenters. The van der Waals surface area contributed by atoms with Crippen LogP contribution in [0.25, 0.3) is 0 Å². The van der Waals surface area contributed by atoms with Crippen LogP contribution in [-0.4, -0.2) is 14.9 Å². The van der Waals surface area contributed by atoms with Crippen LogP contribution < -0.4 is 11.3 Å². The van der Waals surface area contributed by atoms with Gasteiger partial charge < -0.3 is 5.43 Å². The number of thioether (sulfide) groups is 1. The van der Waals surface area contributed by atoms with Gasteiger partial charge in [-0.25, -0.2) is 9.97 Å². The van der Waals surface area contributed by atoms with Crippen molar-refractivity contribution in [2.24, 2.45) is 5.84 Å². The van der Waals surface area contributed by atoms with Crippen molar-refractivity contribution >= 4 is 23.1 Å². The van der Waals surface area contributed by atoms with Crippen LogP contribution in [0.5, 0.6) is 0 Å². The average molecular weight is 305 g/mol. The number of hydrazine groups is 1. The lowest BCUT2D eigenvalue weighted by Gasteiger charge is -2.06. The van der Waals surface area contributed by atoms with Crippen molar-refractivity contribution in [1.82, 2.24) is 9.97 Å². The molecule has 0 aliphatic carbocycles. The van der Waals surface area contributed by atoms with E-state index in [9.17, 15) is 10.1 Å². The summed E-state index contributed by atoms with van der Waals surface area (Å²) >= 11 is 1.47. The quantitative estimate of drug-likeness (QED) is 0.287. The number of nitrogens with two attached hydrogens (primary N) is 1. The first-order valence-corrected chi connectivity index (χ1v) is 7.17. The number of nitrogen functional groups attached to an aromatic ring is 1. The highest BCUT2D eigenvalue weighted by atomic mass is 32.2. The van der Waals surface area contributed by atoms with E-state index in [1.54, 1.807) is 12.1 Å². The Kier molecular flexibility index (Phi) is 4.71. The fraction of sp³-hybridized carbons (Fsp3) is 0.231. The van der Waals surface area contributed by atoms with Crippen LogP contribution in [0.15, 0.2) is 29.4 Å². The summed E-state index contributed by atoms with van der Waals surface area (Å²) < 4.78 is 0. The molecule has 0 saturated heterocycles. The SMILES string of the molecule is Cc1cc(C)nc(SCc2ccc([N+](=O)[O-])c(NN)c2)n1. The summed E-state index contributed by atoms with van der Waals surface area (Å²) in [4.78, 5) is 19.0. The Bertz CT molecular complexity index is 657. The first-order valence-electron chi connectivity index (χ1n) is 6.18. The summed E-state index contributed by atoms with van der Waals surface area (Å²) in [5, 5.41) is 11.5. The molecule has 0 radical (unpaired) electrons. The topological polar surface area (TPSA) is 107 Å². The maximum atomic E-state index is 10.8. The fourth-order valence-electron chi connectivity index (χ4n) is 1.85. The molecule has 0 unspecified atom stereocenters. The minimum atomic E-state index is -0.473. The molecular weight excluding hydrogens is 290 g/mol. The van der Waals surface area contributed by atoms with Gasteiger partial charge >= 0.3 is 0 Å². The van der Waals surface area contributed by atoms with E-state index < -0.39 is 4.92 Å². The van der Waals surface area contributed by atoms with Crippen LogP contribution in [0.2, 0.25) is 0 Å². The third kappa shape index (κ3) is 3.89. The zero-order valence-corrected chi connectivity index (χ0v) is 12.5. The number of nitrogens with zero attached hydrogens (tertiary/aromatic N) is 3. The third-order valence-electron chi connectivity index (χ3n) is 2.74. The van der Waals surface area contributed by atoms with Gasteiger partial charge in [0.2, 0.25) is 0 Å². The van der Waals surface area contributed by atoms with Crippen molar-refractivity contribution in [3.05, 3.63) is 51.3 Å².